The topological polar surface area (TPSA) is 93.8 Å². The fourth-order valence-electron chi connectivity index (χ4n) is 2.91. The number of hydrogen-bond acceptors (Lipinski definition) is 5. The summed E-state index contributed by atoms with van der Waals surface area (Å²) in [6.07, 6.45) is -0.298. The van der Waals surface area contributed by atoms with Gasteiger partial charge in [0, 0.05) is 13.1 Å². The van der Waals surface area contributed by atoms with Crippen molar-refractivity contribution in [3.63, 3.8) is 0 Å². The Morgan fingerprint density at radius 2 is 2.04 bits per heavy atom. The molecule has 7 heteroatoms. The average Bonchev–Trinajstić information content (AvgIpc) is 2.62. The van der Waals surface area contributed by atoms with Crippen LogP contribution in [-0.2, 0) is 15.1 Å². The van der Waals surface area contributed by atoms with Gasteiger partial charge < -0.3 is 25.6 Å². The smallest absolute Gasteiger partial charge is 0.290 e. The second kappa shape index (κ2) is 9.00. The summed E-state index contributed by atoms with van der Waals surface area (Å²) in [4.78, 5) is 8.36. The SMILES string of the molecule is COc1ccc(-c2cccc(C3(C)CNCC(N)O3)c2)cc1Cl.O=CO. The number of rotatable bonds is 3. The Morgan fingerprint density at radius 1 is 1.35 bits per heavy atom. The molecular formula is C19H23ClN2O4. The lowest BCUT2D eigenvalue weighted by atomic mass is 9.91. The van der Waals surface area contributed by atoms with Gasteiger partial charge in [-0.05, 0) is 41.8 Å². The monoisotopic (exact) mass is 378 g/mol. The summed E-state index contributed by atoms with van der Waals surface area (Å²) in [5.74, 6) is 0.671. The zero-order valence-electron chi connectivity index (χ0n) is 14.7. The van der Waals surface area contributed by atoms with E-state index in [-0.39, 0.29) is 12.7 Å². The third-order valence-electron chi connectivity index (χ3n) is 4.18. The van der Waals surface area contributed by atoms with Crippen LogP contribution in [0.15, 0.2) is 42.5 Å². The van der Waals surface area contributed by atoms with Crippen molar-refractivity contribution in [1.29, 1.82) is 0 Å². The third kappa shape index (κ3) is 4.74. The van der Waals surface area contributed by atoms with E-state index < -0.39 is 5.60 Å². The van der Waals surface area contributed by atoms with E-state index >= 15 is 0 Å². The second-order valence-electron chi connectivity index (χ2n) is 6.05. The number of halogens is 1. The molecule has 1 fully saturated rings. The van der Waals surface area contributed by atoms with Crippen LogP contribution in [0.3, 0.4) is 0 Å². The van der Waals surface area contributed by atoms with Crippen molar-refractivity contribution >= 4 is 18.1 Å². The van der Waals surface area contributed by atoms with Crippen LogP contribution >= 0.6 is 11.6 Å². The molecular weight excluding hydrogens is 356 g/mol. The molecule has 2 unspecified atom stereocenters. The molecule has 140 valence electrons. The minimum Gasteiger partial charge on any atom is -0.495 e. The molecule has 2 atom stereocenters. The minimum absolute atomic E-state index is 0.250. The highest BCUT2D eigenvalue weighted by atomic mass is 35.5. The van der Waals surface area contributed by atoms with E-state index in [9.17, 15) is 0 Å². The van der Waals surface area contributed by atoms with Gasteiger partial charge in [-0.3, -0.25) is 4.79 Å². The van der Waals surface area contributed by atoms with Crippen molar-refractivity contribution in [2.75, 3.05) is 20.2 Å². The van der Waals surface area contributed by atoms with Gasteiger partial charge in [0.1, 0.15) is 17.6 Å². The summed E-state index contributed by atoms with van der Waals surface area (Å²) in [6.45, 7) is 3.20. The Kier molecular flexibility index (Phi) is 6.99. The molecule has 1 aliphatic rings. The van der Waals surface area contributed by atoms with E-state index in [2.05, 4.69) is 30.4 Å². The van der Waals surface area contributed by atoms with Gasteiger partial charge in [0.25, 0.3) is 6.47 Å². The maximum absolute atomic E-state index is 8.36. The van der Waals surface area contributed by atoms with Crippen LogP contribution < -0.4 is 15.8 Å². The first-order valence-corrected chi connectivity index (χ1v) is 8.47. The predicted molar refractivity (Wildman–Crippen MR) is 101 cm³/mol. The molecule has 0 amide bonds. The van der Waals surface area contributed by atoms with Gasteiger partial charge in [0.15, 0.2) is 0 Å². The molecule has 1 aliphatic heterocycles. The molecule has 26 heavy (non-hydrogen) atoms. The molecule has 0 saturated carbocycles. The zero-order valence-corrected chi connectivity index (χ0v) is 15.5. The zero-order chi connectivity index (χ0) is 19.2. The summed E-state index contributed by atoms with van der Waals surface area (Å²) in [7, 11) is 1.61. The van der Waals surface area contributed by atoms with E-state index in [0.29, 0.717) is 17.3 Å². The van der Waals surface area contributed by atoms with Gasteiger partial charge in [-0.25, -0.2) is 0 Å². The molecule has 1 heterocycles. The van der Waals surface area contributed by atoms with Gasteiger partial charge in [0.05, 0.1) is 12.1 Å². The van der Waals surface area contributed by atoms with Crippen LogP contribution in [0.4, 0.5) is 0 Å². The van der Waals surface area contributed by atoms with Crippen molar-refractivity contribution in [2.45, 2.75) is 18.8 Å². The number of benzene rings is 2. The minimum atomic E-state index is -0.441. The standard InChI is InChI=1S/C18H21ClN2O2.CH2O2/c1-18(11-21-10-17(20)23-18)14-5-3-4-12(8-14)13-6-7-16(22-2)15(19)9-13;2-1-3/h3-9,17,21H,10-11,20H2,1-2H3;1H,(H,2,3). The van der Waals surface area contributed by atoms with Gasteiger partial charge in [-0.15, -0.1) is 0 Å². The second-order valence-corrected chi connectivity index (χ2v) is 6.46. The molecule has 6 nitrogen and oxygen atoms in total. The Balaban J connectivity index is 0.000000758. The third-order valence-corrected chi connectivity index (χ3v) is 4.47. The summed E-state index contributed by atoms with van der Waals surface area (Å²) < 4.78 is 11.2. The molecule has 0 spiro atoms. The Labute approximate surface area is 157 Å². The summed E-state index contributed by atoms with van der Waals surface area (Å²) in [5, 5.41) is 10.8. The van der Waals surface area contributed by atoms with Gasteiger partial charge in [-0.1, -0.05) is 35.9 Å². The molecule has 0 bridgehead atoms. The summed E-state index contributed by atoms with van der Waals surface area (Å²) in [6, 6.07) is 14.1. The largest absolute Gasteiger partial charge is 0.495 e. The maximum Gasteiger partial charge on any atom is 0.290 e. The van der Waals surface area contributed by atoms with Crippen molar-refractivity contribution < 1.29 is 19.4 Å². The number of nitrogens with two attached hydrogens (primary N) is 1. The number of morpholine rings is 1. The Morgan fingerprint density at radius 3 is 2.65 bits per heavy atom. The van der Waals surface area contributed by atoms with Gasteiger partial charge in [-0.2, -0.15) is 0 Å². The van der Waals surface area contributed by atoms with Gasteiger partial charge >= 0.3 is 0 Å². The van der Waals surface area contributed by atoms with E-state index in [1.807, 2.05) is 24.3 Å². The average molecular weight is 379 g/mol. The number of ether oxygens (including phenoxy) is 2. The lowest BCUT2D eigenvalue weighted by Gasteiger charge is -2.38. The number of nitrogens with one attached hydrogen (secondary N) is 1. The van der Waals surface area contributed by atoms with Crippen molar-refractivity contribution in [3.8, 4) is 16.9 Å². The highest BCUT2D eigenvalue weighted by Crippen LogP contribution is 2.33. The number of carbonyl (C=O) groups is 1. The lowest BCUT2D eigenvalue weighted by molar-refractivity contribution is -0.122. The molecule has 3 rings (SSSR count). The van der Waals surface area contributed by atoms with E-state index in [1.165, 1.54) is 0 Å². The van der Waals surface area contributed by atoms with Crippen LogP contribution in [0.1, 0.15) is 12.5 Å². The Bertz CT molecular complexity index is 756. The normalized spacial score (nSPS) is 22.1. The molecule has 0 aliphatic carbocycles. The van der Waals surface area contributed by atoms with Crippen molar-refractivity contribution in [1.82, 2.24) is 5.32 Å². The molecule has 2 aromatic rings. The quantitative estimate of drug-likeness (QED) is 0.711. The van der Waals surface area contributed by atoms with Crippen molar-refractivity contribution in [2.24, 2.45) is 5.73 Å². The fourth-order valence-corrected chi connectivity index (χ4v) is 3.17. The predicted octanol–water partition coefficient (Wildman–Crippen LogP) is 2.84. The summed E-state index contributed by atoms with van der Waals surface area (Å²) in [5.41, 5.74) is 8.70. The molecule has 0 aromatic heterocycles. The van der Waals surface area contributed by atoms with Crippen LogP contribution in [0.5, 0.6) is 5.75 Å². The van der Waals surface area contributed by atoms with Crippen LogP contribution in [0.2, 0.25) is 5.02 Å². The lowest BCUT2D eigenvalue weighted by Crippen LogP contribution is -2.53. The van der Waals surface area contributed by atoms with E-state index in [0.717, 1.165) is 23.2 Å². The Hall–Kier alpha value is -2.12. The molecule has 2 aromatic carbocycles. The van der Waals surface area contributed by atoms with E-state index in [4.69, 9.17) is 36.7 Å². The van der Waals surface area contributed by atoms with Crippen LogP contribution in [-0.4, -0.2) is 38.0 Å². The fraction of sp³-hybridized carbons (Fsp3) is 0.316. The number of methoxy groups -OCH3 is 1. The summed E-state index contributed by atoms with van der Waals surface area (Å²) >= 11 is 6.24. The van der Waals surface area contributed by atoms with Gasteiger partial charge in [0.2, 0.25) is 0 Å². The number of hydrogen-bond donors (Lipinski definition) is 3. The molecule has 4 N–H and O–H groups in total. The molecule has 0 radical (unpaired) electrons. The highest BCUT2D eigenvalue weighted by molar-refractivity contribution is 6.32. The van der Waals surface area contributed by atoms with Crippen LogP contribution in [0.25, 0.3) is 11.1 Å². The first-order valence-electron chi connectivity index (χ1n) is 8.10. The maximum atomic E-state index is 8.36. The first-order chi connectivity index (χ1) is 12.4. The van der Waals surface area contributed by atoms with Crippen molar-refractivity contribution in [3.05, 3.63) is 53.1 Å². The van der Waals surface area contributed by atoms with Crippen LogP contribution in [0, 0.1) is 0 Å². The number of carboxylic acid groups (broad SMARTS) is 1. The molecule has 1 saturated heterocycles. The van der Waals surface area contributed by atoms with E-state index in [1.54, 1.807) is 7.11 Å². The first kappa shape index (κ1) is 20.2. The highest BCUT2D eigenvalue weighted by Gasteiger charge is 2.33.